The number of rotatable bonds is 5. The summed E-state index contributed by atoms with van der Waals surface area (Å²) in [5, 5.41) is 11.8. The first-order valence-corrected chi connectivity index (χ1v) is 10.9. The molecule has 1 unspecified atom stereocenters. The number of nitrogens with zero attached hydrogens (tertiary/aromatic N) is 1. The Morgan fingerprint density at radius 1 is 1.00 bits per heavy atom. The third-order valence-electron chi connectivity index (χ3n) is 6.14. The SMILES string of the molecule is COc1cccc(C2C(C(=O)c3cc4ccccc4o3)=C(O)C(=O)N2c2cc(C)ccc2C)c1. The van der Waals surface area contributed by atoms with Crippen LogP contribution in [0.3, 0.4) is 0 Å². The standard InChI is InChI=1S/C28H23NO5/c1-16-11-12-17(2)21(13-16)29-25(19-8-6-9-20(14-19)33-3)24(27(31)28(29)32)26(30)23-15-18-7-4-5-10-22(18)34-23/h4-15,25,31H,1-3H3. The quantitative estimate of drug-likeness (QED) is 0.384. The Kier molecular flexibility index (Phi) is 5.21. The van der Waals surface area contributed by atoms with E-state index in [1.165, 1.54) is 4.90 Å². The van der Waals surface area contributed by atoms with Crippen LogP contribution in [0.15, 0.2) is 88.5 Å². The van der Waals surface area contributed by atoms with Gasteiger partial charge in [0.2, 0.25) is 5.78 Å². The number of aliphatic hydroxyl groups excluding tert-OH is 1. The maximum Gasteiger partial charge on any atom is 0.294 e. The Labute approximate surface area is 196 Å². The van der Waals surface area contributed by atoms with Crippen LogP contribution in [0.25, 0.3) is 11.0 Å². The molecule has 1 N–H and O–H groups in total. The Balaban J connectivity index is 1.70. The number of methoxy groups -OCH3 is 1. The number of fused-ring (bicyclic) bond motifs is 1. The number of hydrogen-bond donors (Lipinski definition) is 1. The van der Waals surface area contributed by atoms with Gasteiger partial charge in [0, 0.05) is 11.1 Å². The molecule has 0 bridgehead atoms. The number of aliphatic hydroxyl groups is 1. The molecule has 1 aliphatic heterocycles. The number of carbonyl (C=O) groups excluding carboxylic acids is 2. The minimum atomic E-state index is -0.858. The van der Waals surface area contributed by atoms with E-state index >= 15 is 0 Å². The Bertz CT molecular complexity index is 1450. The zero-order chi connectivity index (χ0) is 24.0. The number of hydrogen-bond acceptors (Lipinski definition) is 5. The summed E-state index contributed by atoms with van der Waals surface area (Å²) in [7, 11) is 1.55. The first-order valence-electron chi connectivity index (χ1n) is 10.9. The predicted octanol–water partition coefficient (Wildman–Crippen LogP) is 5.84. The summed E-state index contributed by atoms with van der Waals surface area (Å²) in [6.07, 6.45) is 0. The zero-order valence-corrected chi connectivity index (χ0v) is 19.0. The van der Waals surface area contributed by atoms with Gasteiger partial charge < -0.3 is 14.3 Å². The number of carbonyl (C=O) groups is 2. The lowest BCUT2D eigenvalue weighted by Crippen LogP contribution is -2.31. The topological polar surface area (TPSA) is 80.0 Å². The highest BCUT2D eigenvalue weighted by Gasteiger charge is 2.46. The largest absolute Gasteiger partial charge is 0.503 e. The maximum atomic E-state index is 13.7. The summed E-state index contributed by atoms with van der Waals surface area (Å²) in [6.45, 7) is 3.82. The number of benzene rings is 3. The molecule has 170 valence electrons. The van der Waals surface area contributed by atoms with E-state index < -0.39 is 23.5 Å². The Hall–Kier alpha value is -4.32. The van der Waals surface area contributed by atoms with Crippen LogP contribution in [0.2, 0.25) is 0 Å². The number of aryl methyl sites for hydroxylation is 2. The monoisotopic (exact) mass is 453 g/mol. The van der Waals surface area contributed by atoms with Crippen molar-refractivity contribution < 1.29 is 23.8 Å². The molecule has 3 aromatic carbocycles. The summed E-state index contributed by atoms with van der Waals surface area (Å²) < 4.78 is 11.2. The van der Waals surface area contributed by atoms with Gasteiger partial charge in [-0.1, -0.05) is 42.5 Å². The Morgan fingerprint density at radius 3 is 2.56 bits per heavy atom. The third kappa shape index (κ3) is 3.44. The molecule has 1 atom stereocenters. The third-order valence-corrected chi connectivity index (χ3v) is 6.14. The second-order valence-corrected chi connectivity index (χ2v) is 8.38. The summed E-state index contributed by atoms with van der Waals surface area (Å²) in [6, 6.07) is 20.9. The van der Waals surface area contributed by atoms with Gasteiger partial charge in [0.15, 0.2) is 11.5 Å². The van der Waals surface area contributed by atoms with E-state index in [-0.39, 0.29) is 11.3 Å². The molecular weight excluding hydrogens is 430 g/mol. The molecular formula is C28H23NO5. The lowest BCUT2D eigenvalue weighted by Gasteiger charge is -2.28. The fourth-order valence-electron chi connectivity index (χ4n) is 4.42. The Morgan fingerprint density at radius 2 is 1.79 bits per heavy atom. The van der Waals surface area contributed by atoms with Crippen LogP contribution in [-0.2, 0) is 4.79 Å². The lowest BCUT2D eigenvalue weighted by molar-refractivity contribution is -0.117. The first-order chi connectivity index (χ1) is 16.4. The van der Waals surface area contributed by atoms with Crippen molar-refractivity contribution in [3.8, 4) is 5.75 Å². The number of para-hydroxylation sites is 1. The number of Topliss-reactive ketones (excluding diaryl/α,β-unsaturated/α-hetero) is 1. The van der Waals surface area contributed by atoms with Crippen LogP contribution in [0.5, 0.6) is 5.75 Å². The highest BCUT2D eigenvalue weighted by molar-refractivity contribution is 6.20. The minimum absolute atomic E-state index is 0.0294. The first kappa shape index (κ1) is 21.5. The van der Waals surface area contributed by atoms with E-state index in [2.05, 4.69) is 0 Å². The molecule has 0 radical (unpaired) electrons. The fourth-order valence-corrected chi connectivity index (χ4v) is 4.42. The van der Waals surface area contributed by atoms with Crippen molar-refractivity contribution in [2.75, 3.05) is 12.0 Å². The van der Waals surface area contributed by atoms with Crippen LogP contribution in [-0.4, -0.2) is 23.9 Å². The summed E-state index contributed by atoms with van der Waals surface area (Å²) in [5.74, 6) is -1.12. The number of anilines is 1. The van der Waals surface area contributed by atoms with Gasteiger partial charge in [-0.25, -0.2) is 0 Å². The fraction of sp³-hybridized carbons (Fsp3) is 0.143. The molecule has 0 aliphatic carbocycles. The number of amides is 1. The van der Waals surface area contributed by atoms with E-state index in [9.17, 15) is 14.7 Å². The highest BCUT2D eigenvalue weighted by Crippen LogP contribution is 2.44. The molecule has 0 saturated carbocycles. The average molecular weight is 453 g/mol. The van der Waals surface area contributed by atoms with Gasteiger partial charge in [0.25, 0.3) is 5.91 Å². The molecule has 34 heavy (non-hydrogen) atoms. The van der Waals surface area contributed by atoms with E-state index in [0.29, 0.717) is 22.6 Å². The van der Waals surface area contributed by atoms with Gasteiger partial charge in [-0.2, -0.15) is 0 Å². The van der Waals surface area contributed by atoms with Crippen molar-refractivity contribution in [2.24, 2.45) is 0 Å². The van der Waals surface area contributed by atoms with Crippen LogP contribution < -0.4 is 9.64 Å². The number of ether oxygens (including phenoxy) is 1. The molecule has 6 nitrogen and oxygen atoms in total. The molecule has 1 aliphatic rings. The minimum Gasteiger partial charge on any atom is -0.503 e. The molecule has 0 spiro atoms. The second kappa shape index (κ2) is 8.23. The molecule has 0 fully saturated rings. The van der Waals surface area contributed by atoms with Crippen LogP contribution in [0.4, 0.5) is 5.69 Å². The van der Waals surface area contributed by atoms with E-state index in [1.54, 1.807) is 37.4 Å². The van der Waals surface area contributed by atoms with E-state index in [1.807, 2.05) is 56.3 Å². The zero-order valence-electron chi connectivity index (χ0n) is 19.0. The number of ketones is 1. The van der Waals surface area contributed by atoms with E-state index in [4.69, 9.17) is 9.15 Å². The summed E-state index contributed by atoms with van der Waals surface area (Å²) in [5.41, 5.74) is 3.58. The van der Waals surface area contributed by atoms with Gasteiger partial charge in [-0.15, -0.1) is 0 Å². The second-order valence-electron chi connectivity index (χ2n) is 8.38. The van der Waals surface area contributed by atoms with Crippen LogP contribution in [0.1, 0.15) is 33.3 Å². The van der Waals surface area contributed by atoms with Gasteiger partial charge in [-0.05, 0) is 60.9 Å². The van der Waals surface area contributed by atoms with Gasteiger partial charge in [0.05, 0.1) is 18.7 Å². The van der Waals surface area contributed by atoms with Gasteiger partial charge in [0.1, 0.15) is 11.3 Å². The highest BCUT2D eigenvalue weighted by atomic mass is 16.5. The summed E-state index contributed by atoms with van der Waals surface area (Å²) in [4.78, 5) is 28.6. The van der Waals surface area contributed by atoms with Crippen molar-refractivity contribution in [3.63, 3.8) is 0 Å². The van der Waals surface area contributed by atoms with Gasteiger partial charge >= 0.3 is 0 Å². The lowest BCUT2D eigenvalue weighted by atomic mass is 9.94. The average Bonchev–Trinajstić information content (AvgIpc) is 3.39. The molecule has 4 aromatic rings. The molecule has 2 heterocycles. The van der Waals surface area contributed by atoms with Crippen molar-refractivity contribution in [1.82, 2.24) is 0 Å². The molecule has 5 rings (SSSR count). The van der Waals surface area contributed by atoms with Crippen molar-refractivity contribution in [3.05, 3.63) is 107 Å². The summed E-state index contributed by atoms with van der Waals surface area (Å²) >= 11 is 0. The van der Waals surface area contributed by atoms with Crippen molar-refractivity contribution >= 4 is 28.3 Å². The maximum absolute atomic E-state index is 13.7. The smallest absolute Gasteiger partial charge is 0.294 e. The molecule has 6 heteroatoms. The number of furan rings is 1. The molecule has 1 amide bonds. The van der Waals surface area contributed by atoms with Crippen molar-refractivity contribution in [1.29, 1.82) is 0 Å². The molecule has 0 saturated heterocycles. The van der Waals surface area contributed by atoms with Gasteiger partial charge in [-0.3, -0.25) is 14.5 Å². The van der Waals surface area contributed by atoms with Crippen molar-refractivity contribution in [2.45, 2.75) is 19.9 Å². The molecule has 1 aromatic heterocycles. The normalized spacial score (nSPS) is 15.9. The van der Waals surface area contributed by atoms with E-state index in [0.717, 1.165) is 16.5 Å². The van der Waals surface area contributed by atoms with Crippen LogP contribution >= 0.6 is 0 Å². The predicted molar refractivity (Wildman–Crippen MR) is 129 cm³/mol. The van der Waals surface area contributed by atoms with Crippen LogP contribution in [0, 0.1) is 13.8 Å².